The van der Waals surface area contributed by atoms with E-state index in [1.54, 1.807) is 6.92 Å². The molecule has 41 heavy (non-hydrogen) atoms. The second-order valence-corrected chi connectivity index (χ2v) is 9.70. The van der Waals surface area contributed by atoms with Crippen LogP contribution in [0.3, 0.4) is 0 Å². The van der Waals surface area contributed by atoms with Crippen LogP contribution in [0.1, 0.15) is 84.5 Å². The van der Waals surface area contributed by atoms with Gasteiger partial charge in [-0.15, -0.1) is 0 Å². The van der Waals surface area contributed by atoms with Gasteiger partial charge in [-0.3, -0.25) is 24.0 Å². The number of rotatable bonds is 28. The van der Waals surface area contributed by atoms with E-state index in [2.05, 4.69) is 21.3 Å². The average molecular weight is 589 g/mol. The normalized spacial score (nSPS) is 11.5. The van der Waals surface area contributed by atoms with E-state index >= 15 is 0 Å². The molecule has 0 unspecified atom stereocenters. The van der Waals surface area contributed by atoms with Gasteiger partial charge in [0.1, 0.15) is 6.61 Å². The molecule has 238 valence electrons. The van der Waals surface area contributed by atoms with Crippen molar-refractivity contribution in [2.75, 3.05) is 59.3 Å². The summed E-state index contributed by atoms with van der Waals surface area (Å²) in [6.07, 6.45) is 7.28. The summed E-state index contributed by atoms with van der Waals surface area (Å²) in [6, 6.07) is -0.0952. The van der Waals surface area contributed by atoms with Gasteiger partial charge >= 0.3 is 5.97 Å². The standard InChI is InChI=1S/C28H52N4O9/c1-3-24(33)29-14-17-39-18-16-31-27(36)22-41-21-20-40-19-15-30-25(34)13-12-23(2)32-26(35)10-8-6-4-5-7-9-11-28(37)38/h23H,3-22H2,1-2H3,(H,29,33)(H,30,34)(H,31,36)(H,32,35)(H,37,38)/t23-/m0/s1. The maximum absolute atomic E-state index is 12.0. The van der Waals surface area contributed by atoms with E-state index in [9.17, 15) is 24.0 Å². The third kappa shape index (κ3) is 28.6. The number of carbonyl (C=O) groups excluding carboxylic acids is 4. The van der Waals surface area contributed by atoms with Crippen molar-refractivity contribution in [3.05, 3.63) is 0 Å². The summed E-state index contributed by atoms with van der Waals surface area (Å²) in [6.45, 7) is 6.32. The molecule has 0 fully saturated rings. The Morgan fingerprint density at radius 2 is 1.12 bits per heavy atom. The third-order valence-corrected chi connectivity index (χ3v) is 5.89. The number of carboxylic acid groups (broad SMARTS) is 1. The van der Waals surface area contributed by atoms with Gasteiger partial charge in [0.2, 0.25) is 23.6 Å². The molecule has 13 heteroatoms. The highest BCUT2D eigenvalue weighted by atomic mass is 16.5. The zero-order valence-electron chi connectivity index (χ0n) is 24.9. The SMILES string of the molecule is CCC(=O)NCCOCCNC(=O)COCCOCCNC(=O)CC[C@H](C)NC(=O)CCCCCCCCC(=O)O. The lowest BCUT2D eigenvalue weighted by Gasteiger charge is -2.14. The third-order valence-electron chi connectivity index (χ3n) is 5.89. The first-order chi connectivity index (χ1) is 19.7. The highest BCUT2D eigenvalue weighted by Gasteiger charge is 2.10. The fourth-order valence-electron chi connectivity index (χ4n) is 3.57. The highest BCUT2D eigenvalue weighted by Crippen LogP contribution is 2.09. The Hall–Kier alpha value is -2.77. The lowest BCUT2D eigenvalue weighted by molar-refractivity contribution is -0.137. The topological polar surface area (TPSA) is 181 Å². The van der Waals surface area contributed by atoms with E-state index in [1.807, 2.05) is 6.92 Å². The van der Waals surface area contributed by atoms with Gasteiger partial charge in [-0.25, -0.2) is 0 Å². The molecular formula is C28H52N4O9. The average Bonchev–Trinajstić information content (AvgIpc) is 2.93. The molecule has 0 aromatic carbocycles. The Bertz CT molecular complexity index is 737. The smallest absolute Gasteiger partial charge is 0.303 e. The van der Waals surface area contributed by atoms with Gasteiger partial charge in [-0.05, 0) is 26.2 Å². The van der Waals surface area contributed by atoms with Crippen molar-refractivity contribution in [1.29, 1.82) is 0 Å². The highest BCUT2D eigenvalue weighted by molar-refractivity contribution is 5.77. The number of nitrogens with one attached hydrogen (secondary N) is 4. The zero-order valence-corrected chi connectivity index (χ0v) is 24.9. The van der Waals surface area contributed by atoms with Crippen LogP contribution >= 0.6 is 0 Å². The summed E-state index contributed by atoms with van der Waals surface area (Å²) >= 11 is 0. The first-order valence-corrected chi connectivity index (χ1v) is 14.8. The molecule has 0 rings (SSSR count). The summed E-state index contributed by atoms with van der Waals surface area (Å²) < 4.78 is 15.9. The Labute approximate surface area is 244 Å². The number of hydrogen-bond acceptors (Lipinski definition) is 8. The van der Waals surface area contributed by atoms with Gasteiger partial charge in [0, 0.05) is 51.4 Å². The molecule has 0 aliphatic carbocycles. The van der Waals surface area contributed by atoms with Crippen molar-refractivity contribution in [1.82, 2.24) is 21.3 Å². The monoisotopic (exact) mass is 588 g/mol. The molecule has 0 aliphatic rings. The Morgan fingerprint density at radius 1 is 0.610 bits per heavy atom. The molecule has 0 aromatic rings. The van der Waals surface area contributed by atoms with Crippen LogP contribution in [0.25, 0.3) is 0 Å². The van der Waals surface area contributed by atoms with Crippen molar-refractivity contribution >= 4 is 29.6 Å². The number of unbranched alkanes of at least 4 members (excludes halogenated alkanes) is 5. The van der Waals surface area contributed by atoms with Crippen LogP contribution in [0.4, 0.5) is 0 Å². The fraction of sp³-hybridized carbons (Fsp3) is 0.821. The van der Waals surface area contributed by atoms with E-state index in [0.29, 0.717) is 78.2 Å². The number of carbonyl (C=O) groups is 5. The van der Waals surface area contributed by atoms with Crippen LogP contribution in [0, 0.1) is 0 Å². The number of carboxylic acids is 1. The molecule has 1 atom stereocenters. The first-order valence-electron chi connectivity index (χ1n) is 14.8. The second kappa shape index (κ2) is 27.4. The maximum Gasteiger partial charge on any atom is 0.303 e. The molecule has 0 saturated carbocycles. The Balaban J connectivity index is 3.51. The van der Waals surface area contributed by atoms with Crippen molar-refractivity contribution in [2.24, 2.45) is 0 Å². The zero-order chi connectivity index (χ0) is 30.6. The van der Waals surface area contributed by atoms with Crippen LogP contribution in [-0.2, 0) is 38.2 Å². The molecule has 0 radical (unpaired) electrons. The molecule has 0 saturated heterocycles. The predicted octanol–water partition coefficient (Wildman–Crippen LogP) is 1.29. The van der Waals surface area contributed by atoms with Gasteiger partial charge in [0.25, 0.3) is 0 Å². The van der Waals surface area contributed by atoms with Crippen LogP contribution in [0.2, 0.25) is 0 Å². The molecular weight excluding hydrogens is 536 g/mol. The lowest BCUT2D eigenvalue weighted by atomic mass is 10.1. The minimum Gasteiger partial charge on any atom is -0.481 e. The number of amides is 4. The van der Waals surface area contributed by atoms with Crippen LogP contribution in [-0.4, -0.2) is 100 Å². The van der Waals surface area contributed by atoms with E-state index < -0.39 is 5.97 Å². The molecule has 0 spiro atoms. The van der Waals surface area contributed by atoms with Crippen molar-refractivity contribution in [3.63, 3.8) is 0 Å². The van der Waals surface area contributed by atoms with Crippen LogP contribution in [0.15, 0.2) is 0 Å². The molecule has 5 N–H and O–H groups in total. The molecule has 0 aliphatic heterocycles. The van der Waals surface area contributed by atoms with Gasteiger partial charge in [-0.1, -0.05) is 32.6 Å². The molecule has 0 bridgehead atoms. The van der Waals surface area contributed by atoms with E-state index in [-0.39, 0.29) is 49.3 Å². The van der Waals surface area contributed by atoms with Crippen molar-refractivity contribution in [3.8, 4) is 0 Å². The predicted molar refractivity (Wildman–Crippen MR) is 153 cm³/mol. The molecule has 0 aromatic heterocycles. The van der Waals surface area contributed by atoms with Crippen molar-refractivity contribution < 1.29 is 43.3 Å². The van der Waals surface area contributed by atoms with Gasteiger partial charge < -0.3 is 40.6 Å². The summed E-state index contributed by atoms with van der Waals surface area (Å²) in [5.74, 6) is -1.17. The summed E-state index contributed by atoms with van der Waals surface area (Å²) in [4.78, 5) is 57.2. The number of hydrogen-bond donors (Lipinski definition) is 5. The quantitative estimate of drug-likeness (QED) is 0.0841. The summed E-state index contributed by atoms with van der Waals surface area (Å²) in [5.41, 5.74) is 0. The van der Waals surface area contributed by atoms with E-state index in [4.69, 9.17) is 19.3 Å². The second-order valence-electron chi connectivity index (χ2n) is 9.70. The van der Waals surface area contributed by atoms with Crippen molar-refractivity contribution in [2.45, 2.75) is 90.5 Å². The Morgan fingerprint density at radius 3 is 1.73 bits per heavy atom. The minimum atomic E-state index is -0.757. The maximum atomic E-state index is 12.0. The van der Waals surface area contributed by atoms with Gasteiger partial charge in [0.15, 0.2) is 0 Å². The number of ether oxygens (including phenoxy) is 3. The largest absolute Gasteiger partial charge is 0.481 e. The summed E-state index contributed by atoms with van der Waals surface area (Å²) in [5, 5.41) is 19.7. The molecule has 0 heterocycles. The van der Waals surface area contributed by atoms with Gasteiger partial charge in [-0.2, -0.15) is 0 Å². The summed E-state index contributed by atoms with van der Waals surface area (Å²) in [7, 11) is 0. The van der Waals surface area contributed by atoms with Gasteiger partial charge in [0.05, 0.1) is 33.0 Å². The lowest BCUT2D eigenvalue weighted by Crippen LogP contribution is -2.34. The number of aliphatic carboxylic acids is 1. The minimum absolute atomic E-state index is 0.0171. The Kier molecular flexibility index (Phi) is 25.6. The van der Waals surface area contributed by atoms with Crippen LogP contribution in [0.5, 0.6) is 0 Å². The molecule has 13 nitrogen and oxygen atoms in total. The fourth-order valence-corrected chi connectivity index (χ4v) is 3.57. The van der Waals surface area contributed by atoms with Crippen LogP contribution < -0.4 is 21.3 Å². The van der Waals surface area contributed by atoms with E-state index in [0.717, 1.165) is 32.1 Å². The molecule has 4 amide bonds. The van der Waals surface area contributed by atoms with E-state index in [1.165, 1.54) is 0 Å². The first kappa shape index (κ1) is 38.2.